The zero-order valence-corrected chi connectivity index (χ0v) is 13.8. The van der Waals surface area contributed by atoms with Crippen molar-refractivity contribution in [2.45, 2.75) is 6.92 Å². The van der Waals surface area contributed by atoms with Gasteiger partial charge >= 0.3 is 0 Å². The molecule has 100 valence electrons. The summed E-state index contributed by atoms with van der Waals surface area (Å²) in [6.07, 6.45) is 0. The molecule has 2 rings (SSSR count). The van der Waals surface area contributed by atoms with Gasteiger partial charge in [-0.25, -0.2) is 0 Å². The maximum Gasteiger partial charge on any atom is 0.233 e. The van der Waals surface area contributed by atoms with Gasteiger partial charge in [0.2, 0.25) is 17.2 Å². The molecule has 0 radical (unpaired) electrons. The van der Waals surface area contributed by atoms with Crippen LogP contribution in [0.4, 0.5) is 17.6 Å². The smallest absolute Gasteiger partial charge is 0.233 e. The fourth-order valence-corrected chi connectivity index (χ4v) is 2.73. The summed E-state index contributed by atoms with van der Waals surface area (Å²) in [5.74, 6) is 0.816. The summed E-state index contributed by atoms with van der Waals surface area (Å²) in [6, 6.07) is 5.76. The molecule has 1 aromatic carbocycles. The molecule has 19 heavy (non-hydrogen) atoms. The van der Waals surface area contributed by atoms with E-state index in [1.165, 1.54) is 0 Å². The Bertz CT molecular complexity index is 573. The van der Waals surface area contributed by atoms with Crippen molar-refractivity contribution < 1.29 is 0 Å². The predicted octanol–water partition coefficient (Wildman–Crippen LogP) is 4.23. The Morgan fingerprint density at radius 1 is 1.11 bits per heavy atom. The van der Waals surface area contributed by atoms with E-state index in [-0.39, 0.29) is 5.28 Å². The SMILES string of the molecule is CCNc1nc(Cl)nc(Nc2c(Br)cccc2Br)n1. The third-order valence-corrected chi connectivity index (χ3v) is 3.63. The van der Waals surface area contributed by atoms with Crippen LogP contribution in [-0.2, 0) is 0 Å². The molecular formula is C11H10Br2ClN5. The summed E-state index contributed by atoms with van der Waals surface area (Å²) in [6.45, 7) is 2.66. The molecule has 0 fully saturated rings. The van der Waals surface area contributed by atoms with Crippen LogP contribution < -0.4 is 10.6 Å². The second-order valence-electron chi connectivity index (χ2n) is 3.50. The molecule has 2 aromatic rings. The van der Waals surface area contributed by atoms with Crippen molar-refractivity contribution in [3.8, 4) is 0 Å². The van der Waals surface area contributed by atoms with Crippen molar-refractivity contribution in [2.75, 3.05) is 17.2 Å². The number of para-hydroxylation sites is 1. The number of anilines is 3. The van der Waals surface area contributed by atoms with Crippen LogP contribution in [0.5, 0.6) is 0 Å². The first kappa shape index (κ1) is 14.5. The topological polar surface area (TPSA) is 62.7 Å². The molecule has 0 saturated carbocycles. The zero-order valence-electron chi connectivity index (χ0n) is 9.91. The van der Waals surface area contributed by atoms with Crippen LogP contribution in [0.15, 0.2) is 27.1 Å². The minimum Gasteiger partial charge on any atom is -0.354 e. The van der Waals surface area contributed by atoms with Crippen LogP contribution in [0.1, 0.15) is 6.92 Å². The first-order valence-corrected chi connectivity index (χ1v) is 7.43. The van der Waals surface area contributed by atoms with E-state index in [0.717, 1.165) is 14.6 Å². The highest BCUT2D eigenvalue weighted by atomic mass is 79.9. The number of nitrogens with one attached hydrogen (secondary N) is 2. The van der Waals surface area contributed by atoms with Crippen molar-refractivity contribution in [1.29, 1.82) is 0 Å². The summed E-state index contributed by atoms with van der Waals surface area (Å²) in [5, 5.41) is 6.23. The van der Waals surface area contributed by atoms with Gasteiger partial charge in [0, 0.05) is 15.5 Å². The van der Waals surface area contributed by atoms with E-state index < -0.39 is 0 Å². The molecule has 2 N–H and O–H groups in total. The minimum atomic E-state index is 0.136. The molecule has 5 nitrogen and oxygen atoms in total. The summed E-state index contributed by atoms with van der Waals surface area (Å²) in [5.41, 5.74) is 0.826. The van der Waals surface area contributed by atoms with Crippen LogP contribution in [0.2, 0.25) is 5.28 Å². The lowest BCUT2D eigenvalue weighted by Crippen LogP contribution is -2.06. The van der Waals surface area contributed by atoms with Gasteiger partial charge in [-0.15, -0.1) is 0 Å². The molecule has 1 aromatic heterocycles. The van der Waals surface area contributed by atoms with Gasteiger partial charge in [0.15, 0.2) is 0 Å². The molecule has 0 spiro atoms. The average molecular weight is 407 g/mol. The lowest BCUT2D eigenvalue weighted by Gasteiger charge is -2.10. The molecule has 0 bridgehead atoms. The Morgan fingerprint density at radius 2 is 1.74 bits per heavy atom. The highest BCUT2D eigenvalue weighted by Crippen LogP contribution is 2.32. The first-order chi connectivity index (χ1) is 9.10. The van der Waals surface area contributed by atoms with Gasteiger partial charge in [-0.3, -0.25) is 0 Å². The highest BCUT2D eigenvalue weighted by molar-refractivity contribution is 9.11. The van der Waals surface area contributed by atoms with Gasteiger partial charge in [0.25, 0.3) is 0 Å². The quantitative estimate of drug-likeness (QED) is 0.794. The minimum absolute atomic E-state index is 0.136. The Hall–Kier alpha value is -0.920. The molecule has 0 atom stereocenters. The Balaban J connectivity index is 2.33. The van der Waals surface area contributed by atoms with Crippen LogP contribution in [0, 0.1) is 0 Å². The van der Waals surface area contributed by atoms with E-state index in [4.69, 9.17) is 11.6 Å². The maximum absolute atomic E-state index is 5.87. The maximum atomic E-state index is 5.87. The molecule has 8 heteroatoms. The van der Waals surface area contributed by atoms with E-state index in [0.29, 0.717) is 18.4 Å². The fourth-order valence-electron chi connectivity index (χ4n) is 1.37. The Morgan fingerprint density at radius 3 is 2.37 bits per heavy atom. The fraction of sp³-hybridized carbons (Fsp3) is 0.182. The third-order valence-electron chi connectivity index (χ3n) is 2.14. The second-order valence-corrected chi connectivity index (χ2v) is 5.55. The second kappa shape index (κ2) is 6.49. The lowest BCUT2D eigenvalue weighted by atomic mass is 10.3. The van der Waals surface area contributed by atoms with Crippen molar-refractivity contribution in [3.63, 3.8) is 0 Å². The number of halogens is 3. The monoisotopic (exact) mass is 405 g/mol. The van der Waals surface area contributed by atoms with Gasteiger partial charge in [-0.1, -0.05) is 6.07 Å². The lowest BCUT2D eigenvalue weighted by molar-refractivity contribution is 1.02. The van der Waals surface area contributed by atoms with Crippen LogP contribution in [-0.4, -0.2) is 21.5 Å². The van der Waals surface area contributed by atoms with Crippen LogP contribution in [0.3, 0.4) is 0 Å². The molecule has 0 amide bonds. The van der Waals surface area contributed by atoms with Gasteiger partial charge in [-0.05, 0) is 62.5 Å². The predicted molar refractivity (Wildman–Crippen MR) is 84.1 cm³/mol. The molecular weight excluding hydrogens is 397 g/mol. The zero-order chi connectivity index (χ0) is 13.8. The van der Waals surface area contributed by atoms with Crippen molar-refractivity contribution in [1.82, 2.24) is 15.0 Å². The van der Waals surface area contributed by atoms with E-state index in [1.807, 2.05) is 25.1 Å². The molecule has 0 aliphatic heterocycles. The van der Waals surface area contributed by atoms with Crippen molar-refractivity contribution in [2.24, 2.45) is 0 Å². The summed E-state index contributed by atoms with van der Waals surface area (Å²) in [7, 11) is 0. The Kier molecular flexibility index (Phi) is 4.95. The van der Waals surface area contributed by atoms with Gasteiger partial charge in [0.05, 0.1) is 5.69 Å². The molecule has 1 heterocycles. The summed E-state index contributed by atoms with van der Waals surface area (Å²) < 4.78 is 1.78. The Labute approximate surface area is 132 Å². The summed E-state index contributed by atoms with van der Waals surface area (Å²) >= 11 is 12.8. The van der Waals surface area contributed by atoms with Crippen molar-refractivity contribution in [3.05, 3.63) is 32.4 Å². The molecule has 0 unspecified atom stereocenters. The van der Waals surface area contributed by atoms with E-state index in [2.05, 4.69) is 57.4 Å². The number of benzene rings is 1. The number of hydrogen-bond acceptors (Lipinski definition) is 5. The van der Waals surface area contributed by atoms with E-state index >= 15 is 0 Å². The van der Waals surface area contributed by atoms with Crippen molar-refractivity contribution >= 4 is 61.0 Å². The van der Waals surface area contributed by atoms with E-state index in [1.54, 1.807) is 0 Å². The normalized spacial score (nSPS) is 10.3. The number of rotatable bonds is 4. The highest BCUT2D eigenvalue weighted by Gasteiger charge is 2.09. The van der Waals surface area contributed by atoms with Gasteiger partial charge in [0.1, 0.15) is 0 Å². The average Bonchev–Trinajstić information content (AvgIpc) is 2.34. The number of nitrogens with zero attached hydrogens (tertiary/aromatic N) is 3. The first-order valence-electron chi connectivity index (χ1n) is 5.46. The molecule has 0 aliphatic carbocycles. The van der Waals surface area contributed by atoms with Crippen LogP contribution >= 0.6 is 43.5 Å². The van der Waals surface area contributed by atoms with Gasteiger partial charge in [-0.2, -0.15) is 15.0 Å². The molecule has 0 aliphatic rings. The summed E-state index contributed by atoms with van der Waals surface area (Å²) in [4.78, 5) is 12.3. The standard InChI is InChI=1S/C11H10Br2ClN5/c1-2-15-10-17-9(14)18-11(19-10)16-8-6(12)4-3-5-7(8)13/h3-5H,2H2,1H3,(H2,15,16,17,18,19). The third kappa shape index (κ3) is 3.77. The molecule has 0 saturated heterocycles. The number of aromatic nitrogens is 3. The van der Waals surface area contributed by atoms with Gasteiger partial charge < -0.3 is 10.6 Å². The van der Waals surface area contributed by atoms with Crippen LogP contribution in [0.25, 0.3) is 0 Å². The van der Waals surface area contributed by atoms with E-state index in [9.17, 15) is 0 Å². The number of hydrogen-bond donors (Lipinski definition) is 2. The largest absolute Gasteiger partial charge is 0.354 e.